The van der Waals surface area contributed by atoms with Gasteiger partial charge in [0.15, 0.2) is 0 Å². The van der Waals surface area contributed by atoms with Crippen molar-refractivity contribution in [1.82, 2.24) is 14.7 Å². The summed E-state index contributed by atoms with van der Waals surface area (Å²) in [4.78, 5) is 16.9. The summed E-state index contributed by atoms with van der Waals surface area (Å²) in [5.41, 5.74) is 2.69. The molecule has 1 amide bonds. The molecule has 2 aromatic heterocycles. The maximum absolute atomic E-state index is 12.9. The number of aryl methyl sites for hydroxylation is 1. The third-order valence-electron chi connectivity index (χ3n) is 4.78. The second kappa shape index (κ2) is 7.93. The lowest BCUT2D eigenvalue weighted by Gasteiger charge is -2.10. The van der Waals surface area contributed by atoms with Crippen molar-refractivity contribution in [2.45, 2.75) is 23.3 Å². The Hall–Kier alpha value is -3.16. The van der Waals surface area contributed by atoms with E-state index in [9.17, 15) is 13.2 Å². The van der Waals surface area contributed by atoms with Crippen LogP contribution in [0.5, 0.6) is 0 Å². The lowest BCUT2D eigenvalue weighted by atomic mass is 10.2. The van der Waals surface area contributed by atoms with Crippen LogP contribution in [0.25, 0.3) is 5.65 Å². The normalized spacial score (nSPS) is 11.5. The molecule has 152 valence electrons. The number of sulfone groups is 1. The van der Waals surface area contributed by atoms with Gasteiger partial charge in [0.2, 0.25) is 9.84 Å². The van der Waals surface area contributed by atoms with Crippen LogP contribution in [-0.2, 0) is 16.4 Å². The van der Waals surface area contributed by atoms with Gasteiger partial charge in [-0.1, -0.05) is 29.8 Å². The molecule has 1 N–H and O–H groups in total. The number of halogens is 1. The van der Waals surface area contributed by atoms with E-state index in [0.717, 1.165) is 11.2 Å². The van der Waals surface area contributed by atoms with Crippen molar-refractivity contribution in [3.05, 3.63) is 94.9 Å². The van der Waals surface area contributed by atoms with E-state index in [2.05, 4.69) is 10.3 Å². The fourth-order valence-corrected chi connectivity index (χ4v) is 4.87. The maximum atomic E-state index is 12.9. The Morgan fingerprint density at radius 2 is 1.87 bits per heavy atom. The number of benzene rings is 2. The van der Waals surface area contributed by atoms with Crippen LogP contribution in [0.1, 0.15) is 21.5 Å². The zero-order chi connectivity index (χ0) is 21.3. The van der Waals surface area contributed by atoms with Crippen LogP contribution in [0.3, 0.4) is 0 Å². The zero-order valence-electron chi connectivity index (χ0n) is 16.0. The molecule has 30 heavy (non-hydrogen) atoms. The standard InChI is InChI=1S/C22H18ClN3O3S/c1-15-2-6-18(23)12-20(15)30(28,29)19-7-3-16(4-8-19)13-25-22(27)17-5-9-21-24-10-11-26(21)14-17/h2-12,14H,13H2,1H3,(H,25,27). The average Bonchev–Trinajstić information content (AvgIpc) is 3.22. The molecule has 2 aromatic carbocycles. The van der Waals surface area contributed by atoms with Crippen LogP contribution in [-0.4, -0.2) is 23.7 Å². The molecule has 0 saturated carbocycles. The molecule has 4 rings (SSSR count). The van der Waals surface area contributed by atoms with Crippen molar-refractivity contribution in [3.63, 3.8) is 0 Å². The molecule has 0 saturated heterocycles. The first-order valence-electron chi connectivity index (χ1n) is 9.16. The summed E-state index contributed by atoms with van der Waals surface area (Å²) in [5.74, 6) is -0.225. The zero-order valence-corrected chi connectivity index (χ0v) is 17.6. The highest BCUT2D eigenvalue weighted by atomic mass is 35.5. The number of rotatable bonds is 5. The van der Waals surface area contributed by atoms with Gasteiger partial charge in [0.1, 0.15) is 5.65 Å². The van der Waals surface area contributed by atoms with Crippen molar-refractivity contribution < 1.29 is 13.2 Å². The molecule has 0 aliphatic rings. The minimum Gasteiger partial charge on any atom is -0.348 e. The predicted molar refractivity (Wildman–Crippen MR) is 114 cm³/mol. The number of carbonyl (C=O) groups is 1. The Morgan fingerprint density at radius 1 is 1.10 bits per heavy atom. The number of fused-ring (bicyclic) bond motifs is 1. The molecule has 2 heterocycles. The van der Waals surface area contributed by atoms with Crippen molar-refractivity contribution in [2.24, 2.45) is 0 Å². The van der Waals surface area contributed by atoms with Gasteiger partial charge in [-0.2, -0.15) is 0 Å². The number of nitrogens with one attached hydrogen (secondary N) is 1. The molecular formula is C22H18ClN3O3S. The Bertz CT molecular complexity index is 1350. The average molecular weight is 440 g/mol. The molecule has 0 fully saturated rings. The van der Waals surface area contributed by atoms with Crippen LogP contribution in [0.4, 0.5) is 0 Å². The van der Waals surface area contributed by atoms with Crippen molar-refractivity contribution >= 4 is 33.0 Å². The molecule has 0 unspecified atom stereocenters. The molecule has 0 bridgehead atoms. The van der Waals surface area contributed by atoms with Crippen LogP contribution < -0.4 is 5.32 Å². The van der Waals surface area contributed by atoms with Gasteiger partial charge >= 0.3 is 0 Å². The van der Waals surface area contributed by atoms with Crippen molar-refractivity contribution in [2.75, 3.05) is 0 Å². The van der Waals surface area contributed by atoms with E-state index in [1.165, 1.54) is 18.2 Å². The number of hydrogen-bond acceptors (Lipinski definition) is 4. The van der Waals surface area contributed by atoms with Crippen LogP contribution in [0, 0.1) is 6.92 Å². The first-order chi connectivity index (χ1) is 14.3. The lowest BCUT2D eigenvalue weighted by molar-refractivity contribution is 0.0950. The highest BCUT2D eigenvalue weighted by molar-refractivity contribution is 7.91. The minimum atomic E-state index is -3.68. The Kier molecular flexibility index (Phi) is 5.32. The highest BCUT2D eigenvalue weighted by Crippen LogP contribution is 2.26. The van der Waals surface area contributed by atoms with E-state index < -0.39 is 9.84 Å². The van der Waals surface area contributed by atoms with Crippen molar-refractivity contribution in [3.8, 4) is 0 Å². The summed E-state index contributed by atoms with van der Waals surface area (Å²) in [5, 5.41) is 3.21. The summed E-state index contributed by atoms with van der Waals surface area (Å²) in [6.07, 6.45) is 5.14. The quantitative estimate of drug-likeness (QED) is 0.508. The van der Waals surface area contributed by atoms with E-state index in [1.807, 2.05) is 0 Å². The molecule has 0 spiro atoms. The first-order valence-corrected chi connectivity index (χ1v) is 11.0. The maximum Gasteiger partial charge on any atom is 0.253 e. The summed E-state index contributed by atoms with van der Waals surface area (Å²) in [7, 11) is -3.68. The monoisotopic (exact) mass is 439 g/mol. The third-order valence-corrected chi connectivity index (χ3v) is 6.92. The molecule has 0 aliphatic heterocycles. The number of aromatic nitrogens is 2. The highest BCUT2D eigenvalue weighted by Gasteiger charge is 2.20. The van der Waals surface area contributed by atoms with E-state index in [-0.39, 0.29) is 22.2 Å². The molecule has 0 aliphatic carbocycles. The molecule has 4 aromatic rings. The van der Waals surface area contributed by atoms with Gasteiger partial charge in [-0.05, 0) is 54.4 Å². The topological polar surface area (TPSA) is 80.5 Å². The Labute approximate surface area is 179 Å². The van der Waals surface area contributed by atoms with Crippen LogP contribution >= 0.6 is 11.6 Å². The van der Waals surface area contributed by atoms with Crippen LogP contribution in [0.2, 0.25) is 5.02 Å². The Morgan fingerprint density at radius 3 is 2.63 bits per heavy atom. The first kappa shape index (κ1) is 20.1. The fraction of sp³-hybridized carbons (Fsp3) is 0.0909. The second-order valence-electron chi connectivity index (χ2n) is 6.85. The minimum absolute atomic E-state index is 0.175. The molecule has 0 atom stereocenters. The van der Waals surface area contributed by atoms with E-state index >= 15 is 0 Å². The SMILES string of the molecule is Cc1ccc(Cl)cc1S(=O)(=O)c1ccc(CNC(=O)c2ccc3nccn3c2)cc1. The Balaban J connectivity index is 1.48. The number of hydrogen-bond donors (Lipinski definition) is 1. The van der Waals surface area contributed by atoms with Gasteiger partial charge in [0.05, 0.1) is 15.4 Å². The number of carbonyl (C=O) groups excluding carboxylic acids is 1. The third kappa shape index (κ3) is 3.94. The molecule has 0 radical (unpaired) electrons. The van der Waals surface area contributed by atoms with Gasteiger partial charge in [0.25, 0.3) is 5.91 Å². The number of imidazole rings is 1. The van der Waals surface area contributed by atoms with Gasteiger partial charge in [0, 0.05) is 30.2 Å². The van der Waals surface area contributed by atoms with E-state index in [1.54, 1.807) is 66.3 Å². The number of amides is 1. The predicted octanol–water partition coefficient (Wildman–Crippen LogP) is 4.06. The summed E-state index contributed by atoms with van der Waals surface area (Å²) >= 11 is 5.97. The summed E-state index contributed by atoms with van der Waals surface area (Å²) in [6, 6.07) is 14.7. The molecule has 6 nitrogen and oxygen atoms in total. The van der Waals surface area contributed by atoms with E-state index in [0.29, 0.717) is 16.1 Å². The fourth-order valence-electron chi connectivity index (χ4n) is 3.12. The van der Waals surface area contributed by atoms with Gasteiger partial charge < -0.3 is 9.72 Å². The van der Waals surface area contributed by atoms with Crippen LogP contribution in [0.15, 0.2) is 83.0 Å². The van der Waals surface area contributed by atoms with Gasteiger partial charge in [-0.3, -0.25) is 4.79 Å². The molecule has 8 heteroatoms. The molecular weight excluding hydrogens is 422 g/mol. The summed E-state index contributed by atoms with van der Waals surface area (Å²) < 4.78 is 27.6. The summed E-state index contributed by atoms with van der Waals surface area (Å²) in [6.45, 7) is 2.01. The lowest BCUT2D eigenvalue weighted by Crippen LogP contribution is -2.23. The van der Waals surface area contributed by atoms with E-state index in [4.69, 9.17) is 11.6 Å². The van der Waals surface area contributed by atoms with Gasteiger partial charge in [-0.25, -0.2) is 13.4 Å². The van der Waals surface area contributed by atoms with Crippen molar-refractivity contribution in [1.29, 1.82) is 0 Å². The largest absolute Gasteiger partial charge is 0.348 e. The smallest absolute Gasteiger partial charge is 0.253 e. The van der Waals surface area contributed by atoms with Gasteiger partial charge in [-0.15, -0.1) is 0 Å². The number of pyridine rings is 1. The number of nitrogens with zero attached hydrogens (tertiary/aromatic N) is 2. The second-order valence-corrected chi connectivity index (χ2v) is 9.20.